The number of hydrogen-bond donors (Lipinski definition) is 1. The molecule has 6 heteroatoms. The van der Waals surface area contributed by atoms with Crippen LogP contribution in [0.4, 0.5) is 4.39 Å². The van der Waals surface area contributed by atoms with Gasteiger partial charge in [0.2, 0.25) is 0 Å². The van der Waals surface area contributed by atoms with Crippen LogP contribution in [-0.2, 0) is 0 Å². The van der Waals surface area contributed by atoms with Crippen LogP contribution in [0.25, 0.3) is 22.4 Å². The summed E-state index contributed by atoms with van der Waals surface area (Å²) in [5, 5.41) is 7.92. The molecule has 0 unspecified atom stereocenters. The molecule has 29 heavy (non-hydrogen) atoms. The van der Waals surface area contributed by atoms with Crippen molar-refractivity contribution in [1.82, 2.24) is 15.5 Å². The number of hydrogen-bond acceptors (Lipinski definition) is 4. The summed E-state index contributed by atoms with van der Waals surface area (Å²) in [5.41, 5.74) is 2.71. The Morgan fingerprint density at radius 1 is 1.24 bits per heavy atom. The lowest BCUT2D eigenvalue weighted by Gasteiger charge is -2.28. The zero-order valence-electron chi connectivity index (χ0n) is 16.6. The molecule has 1 N–H and O–H groups in total. The van der Waals surface area contributed by atoms with Crippen molar-refractivity contribution in [2.45, 2.75) is 45.6 Å². The molecule has 1 aromatic carbocycles. The molecule has 0 aliphatic heterocycles. The Kier molecular flexibility index (Phi) is 4.37. The Bertz CT molecular complexity index is 1080. The van der Waals surface area contributed by atoms with Gasteiger partial charge in [-0.1, -0.05) is 11.6 Å². The van der Waals surface area contributed by atoms with Crippen LogP contribution in [0, 0.1) is 30.5 Å². The number of pyridine rings is 1. The molecule has 150 valence electrons. The Morgan fingerprint density at radius 3 is 2.72 bits per heavy atom. The number of amides is 1. The fourth-order valence-electron chi connectivity index (χ4n) is 5.36. The summed E-state index contributed by atoms with van der Waals surface area (Å²) < 4.78 is 18.8. The normalized spacial score (nSPS) is 24.2. The highest BCUT2D eigenvalue weighted by Crippen LogP contribution is 2.49. The van der Waals surface area contributed by atoms with E-state index < -0.39 is 0 Å². The number of nitrogens with zero attached hydrogens (tertiary/aromatic N) is 2. The third-order valence-electron chi connectivity index (χ3n) is 6.73. The molecule has 2 saturated carbocycles. The van der Waals surface area contributed by atoms with Crippen LogP contribution in [0.2, 0.25) is 0 Å². The third kappa shape index (κ3) is 3.20. The molecule has 2 fully saturated rings. The average molecular weight is 393 g/mol. The van der Waals surface area contributed by atoms with E-state index in [1.807, 2.05) is 6.92 Å². The van der Waals surface area contributed by atoms with Crippen molar-refractivity contribution >= 4 is 17.0 Å². The van der Waals surface area contributed by atoms with Crippen LogP contribution in [0.5, 0.6) is 0 Å². The van der Waals surface area contributed by atoms with Gasteiger partial charge in [-0.2, -0.15) is 0 Å². The Labute approximate surface area is 168 Å². The van der Waals surface area contributed by atoms with Gasteiger partial charge in [0.1, 0.15) is 11.5 Å². The van der Waals surface area contributed by atoms with Crippen molar-refractivity contribution in [2.24, 2.45) is 17.8 Å². The number of aryl methyl sites for hydroxylation is 1. The van der Waals surface area contributed by atoms with E-state index >= 15 is 0 Å². The van der Waals surface area contributed by atoms with Gasteiger partial charge in [0.25, 0.3) is 11.6 Å². The van der Waals surface area contributed by atoms with E-state index in [0.29, 0.717) is 39.5 Å². The number of carbonyl (C=O) groups excluding carboxylic acids is 1. The van der Waals surface area contributed by atoms with E-state index in [4.69, 9.17) is 4.52 Å². The summed E-state index contributed by atoms with van der Waals surface area (Å²) in [6.45, 7) is 3.94. The second-order valence-corrected chi connectivity index (χ2v) is 8.63. The number of rotatable bonds is 4. The minimum atomic E-state index is -0.326. The molecule has 2 aliphatic carbocycles. The first-order valence-electron chi connectivity index (χ1n) is 10.3. The molecule has 2 aliphatic rings. The van der Waals surface area contributed by atoms with Crippen molar-refractivity contribution in [3.05, 3.63) is 47.4 Å². The second kappa shape index (κ2) is 6.94. The zero-order valence-corrected chi connectivity index (χ0v) is 16.6. The zero-order chi connectivity index (χ0) is 20.1. The highest BCUT2D eigenvalue weighted by Gasteiger charge is 2.42. The third-order valence-corrected chi connectivity index (χ3v) is 6.73. The second-order valence-electron chi connectivity index (χ2n) is 8.63. The number of carbonyl (C=O) groups is 1. The van der Waals surface area contributed by atoms with E-state index in [9.17, 15) is 9.18 Å². The largest absolute Gasteiger partial charge is 0.349 e. The lowest BCUT2D eigenvalue weighted by atomic mass is 9.84. The van der Waals surface area contributed by atoms with Gasteiger partial charge < -0.3 is 9.84 Å². The van der Waals surface area contributed by atoms with Crippen LogP contribution in [0.15, 0.2) is 34.9 Å². The number of fused-ring (bicyclic) bond motifs is 3. The van der Waals surface area contributed by atoms with E-state index in [-0.39, 0.29) is 17.8 Å². The molecule has 5 rings (SSSR count). The van der Waals surface area contributed by atoms with Crippen molar-refractivity contribution in [2.75, 3.05) is 0 Å². The van der Waals surface area contributed by atoms with Gasteiger partial charge in [0.05, 0.1) is 10.9 Å². The maximum atomic E-state index is 13.3. The van der Waals surface area contributed by atoms with Gasteiger partial charge in [-0.15, -0.1) is 0 Å². The lowest BCUT2D eigenvalue weighted by Crippen LogP contribution is -2.40. The van der Waals surface area contributed by atoms with Crippen LogP contribution in [0.3, 0.4) is 0 Å². The average Bonchev–Trinajstić information content (AvgIpc) is 3.43. The van der Waals surface area contributed by atoms with Crippen LogP contribution < -0.4 is 5.32 Å². The molecule has 1 amide bonds. The maximum absolute atomic E-state index is 13.3. The Balaban J connectivity index is 1.49. The monoisotopic (exact) mass is 393 g/mol. The fourth-order valence-corrected chi connectivity index (χ4v) is 5.36. The maximum Gasteiger partial charge on any atom is 0.259 e. The van der Waals surface area contributed by atoms with Gasteiger partial charge >= 0.3 is 0 Å². The summed E-state index contributed by atoms with van der Waals surface area (Å²) >= 11 is 0. The van der Waals surface area contributed by atoms with E-state index in [0.717, 1.165) is 11.8 Å². The van der Waals surface area contributed by atoms with E-state index in [1.165, 1.54) is 37.8 Å². The number of aromatic nitrogens is 2. The topological polar surface area (TPSA) is 68.0 Å². The molecule has 3 aromatic rings. The minimum Gasteiger partial charge on any atom is -0.349 e. The predicted molar refractivity (Wildman–Crippen MR) is 108 cm³/mol. The smallest absolute Gasteiger partial charge is 0.259 e. The van der Waals surface area contributed by atoms with Gasteiger partial charge in [0.15, 0.2) is 0 Å². The molecule has 2 heterocycles. The molecule has 2 aromatic heterocycles. The van der Waals surface area contributed by atoms with Crippen LogP contribution >= 0.6 is 0 Å². The molecule has 2 bridgehead atoms. The number of halogens is 1. The van der Waals surface area contributed by atoms with E-state index in [2.05, 4.69) is 22.4 Å². The lowest BCUT2D eigenvalue weighted by molar-refractivity contribution is 0.0917. The molecule has 4 atom stereocenters. The van der Waals surface area contributed by atoms with Crippen molar-refractivity contribution in [3.8, 4) is 11.3 Å². The summed E-state index contributed by atoms with van der Waals surface area (Å²) in [6.07, 6.45) is 5.15. The summed E-state index contributed by atoms with van der Waals surface area (Å²) in [6, 6.07) is 7.89. The van der Waals surface area contributed by atoms with Crippen molar-refractivity contribution in [1.29, 1.82) is 0 Å². The standard InChI is InChI=1S/C23H24FN3O2/c1-12-9-19(22(28)26-13(2)18-11-14-3-4-16(18)10-14)20-21(27-29-23(20)25-12)15-5-7-17(24)8-6-15/h5-9,13-14,16,18H,3-4,10-11H2,1-2H3,(H,26,28)/t13-,14+,16+,18-/m0/s1. The fraction of sp³-hybridized carbons (Fsp3) is 0.435. The highest BCUT2D eigenvalue weighted by atomic mass is 19.1. The molecule has 0 spiro atoms. The summed E-state index contributed by atoms with van der Waals surface area (Å²) in [4.78, 5) is 17.6. The Hall–Kier alpha value is -2.76. The van der Waals surface area contributed by atoms with Gasteiger partial charge in [0, 0.05) is 17.3 Å². The Morgan fingerprint density at radius 2 is 2.03 bits per heavy atom. The van der Waals surface area contributed by atoms with Gasteiger partial charge in [-0.3, -0.25) is 4.79 Å². The summed E-state index contributed by atoms with van der Waals surface area (Å²) in [7, 11) is 0. The first-order chi connectivity index (χ1) is 14.0. The van der Waals surface area contributed by atoms with Gasteiger partial charge in [-0.05, 0) is 81.2 Å². The highest BCUT2D eigenvalue weighted by molar-refractivity contribution is 6.09. The first-order valence-corrected chi connectivity index (χ1v) is 10.3. The van der Waals surface area contributed by atoms with Crippen LogP contribution in [0.1, 0.15) is 48.7 Å². The SMILES string of the molecule is Cc1cc(C(=O)N[C@@H](C)[C@@H]2C[C@@H]3CC[C@@H]2C3)c2c(-c3ccc(F)cc3)noc2n1. The quantitative estimate of drug-likeness (QED) is 0.685. The van der Waals surface area contributed by atoms with Gasteiger partial charge in [-0.25, -0.2) is 9.37 Å². The number of nitrogens with one attached hydrogen (secondary N) is 1. The minimum absolute atomic E-state index is 0.121. The predicted octanol–water partition coefficient (Wildman–Crippen LogP) is 4.89. The van der Waals surface area contributed by atoms with Crippen molar-refractivity contribution < 1.29 is 13.7 Å². The summed E-state index contributed by atoms with van der Waals surface area (Å²) in [5.74, 6) is 1.66. The van der Waals surface area contributed by atoms with Crippen molar-refractivity contribution in [3.63, 3.8) is 0 Å². The first kappa shape index (κ1) is 18.3. The number of benzene rings is 1. The molecular weight excluding hydrogens is 369 g/mol. The van der Waals surface area contributed by atoms with E-state index in [1.54, 1.807) is 18.2 Å². The molecule has 5 nitrogen and oxygen atoms in total. The molecule has 0 saturated heterocycles. The van der Waals surface area contributed by atoms with Crippen LogP contribution in [-0.4, -0.2) is 22.1 Å². The molecular formula is C23H24FN3O2. The molecule has 0 radical (unpaired) electrons.